The lowest BCUT2D eigenvalue weighted by Gasteiger charge is -2.24. The first kappa shape index (κ1) is 13.3. The molecule has 0 aliphatic heterocycles. The molecule has 1 heterocycles. The highest BCUT2D eigenvalue weighted by Crippen LogP contribution is 2.22. The molecule has 0 N–H and O–H groups in total. The quantitative estimate of drug-likeness (QED) is 0.789. The molecular formula is C10H12BrF3N2. The Hall–Kier alpha value is -0.780. The summed E-state index contributed by atoms with van der Waals surface area (Å²) in [4.78, 5) is 5.25. The molecular weight excluding hydrogens is 285 g/mol. The second-order valence-electron chi connectivity index (χ2n) is 3.36. The number of hydrogen-bond donors (Lipinski definition) is 0. The van der Waals surface area contributed by atoms with Crippen molar-refractivity contribution in [1.82, 2.24) is 4.98 Å². The maximum atomic E-state index is 12.3. The summed E-state index contributed by atoms with van der Waals surface area (Å²) in [6.07, 6.45) is -3.57. The lowest BCUT2D eigenvalue weighted by molar-refractivity contribution is -0.119. The van der Waals surface area contributed by atoms with Gasteiger partial charge in [-0.05, 0) is 34.5 Å². The van der Waals surface area contributed by atoms with Gasteiger partial charge in [-0.15, -0.1) is 0 Å². The molecule has 1 aromatic heterocycles. The molecule has 0 amide bonds. The van der Waals surface area contributed by atoms with E-state index in [4.69, 9.17) is 0 Å². The second-order valence-corrected chi connectivity index (χ2v) is 4.17. The van der Waals surface area contributed by atoms with Crippen LogP contribution in [0.4, 0.5) is 19.0 Å². The van der Waals surface area contributed by atoms with Crippen LogP contribution < -0.4 is 4.90 Å². The van der Waals surface area contributed by atoms with Crippen molar-refractivity contribution in [3.8, 4) is 0 Å². The number of alkyl halides is 3. The van der Waals surface area contributed by atoms with E-state index in [2.05, 4.69) is 20.9 Å². The minimum atomic E-state index is -4.21. The fourth-order valence-corrected chi connectivity index (χ4v) is 1.67. The van der Waals surface area contributed by atoms with E-state index in [1.807, 2.05) is 6.92 Å². The lowest BCUT2D eigenvalue weighted by atomic mass is 10.3. The number of rotatable bonds is 4. The lowest BCUT2D eigenvalue weighted by Crippen LogP contribution is -2.35. The summed E-state index contributed by atoms with van der Waals surface area (Å²) in [5, 5.41) is 0. The van der Waals surface area contributed by atoms with Crippen molar-refractivity contribution >= 4 is 21.7 Å². The first-order chi connectivity index (χ1) is 7.42. The summed E-state index contributed by atoms with van der Waals surface area (Å²) in [6.45, 7) is 1.20. The average Bonchev–Trinajstić information content (AvgIpc) is 2.15. The minimum absolute atomic E-state index is 0.336. The van der Waals surface area contributed by atoms with Crippen molar-refractivity contribution in [2.75, 3.05) is 18.0 Å². The Labute approximate surface area is 101 Å². The van der Waals surface area contributed by atoms with Crippen LogP contribution in [0.3, 0.4) is 0 Å². The zero-order valence-electron chi connectivity index (χ0n) is 8.76. The number of nitrogens with zero attached hydrogens (tertiary/aromatic N) is 2. The molecule has 2 nitrogen and oxygen atoms in total. The Bertz CT molecular complexity index is 341. The van der Waals surface area contributed by atoms with Crippen molar-refractivity contribution in [2.45, 2.75) is 19.5 Å². The zero-order valence-corrected chi connectivity index (χ0v) is 10.3. The molecule has 0 bridgehead atoms. The molecule has 16 heavy (non-hydrogen) atoms. The largest absolute Gasteiger partial charge is 0.405 e. The molecule has 1 aromatic rings. The van der Waals surface area contributed by atoms with Gasteiger partial charge in [0, 0.05) is 6.54 Å². The molecule has 0 unspecified atom stereocenters. The molecule has 0 atom stereocenters. The van der Waals surface area contributed by atoms with E-state index in [-0.39, 0.29) is 0 Å². The van der Waals surface area contributed by atoms with Crippen LogP contribution in [-0.2, 0) is 0 Å². The van der Waals surface area contributed by atoms with Crippen molar-refractivity contribution in [1.29, 1.82) is 0 Å². The van der Waals surface area contributed by atoms with Gasteiger partial charge >= 0.3 is 6.18 Å². The van der Waals surface area contributed by atoms with Crippen molar-refractivity contribution in [3.05, 3.63) is 22.8 Å². The molecule has 0 aromatic carbocycles. The normalized spacial score (nSPS) is 11.6. The summed E-state index contributed by atoms with van der Waals surface area (Å²) in [7, 11) is 0. The Balaban J connectivity index is 2.85. The summed E-state index contributed by atoms with van der Waals surface area (Å²) in [5.41, 5.74) is 0. The summed E-state index contributed by atoms with van der Waals surface area (Å²) in [6, 6.07) is 4.93. The fraction of sp³-hybridized carbons (Fsp3) is 0.500. The molecule has 90 valence electrons. The Morgan fingerprint density at radius 3 is 2.56 bits per heavy atom. The van der Waals surface area contributed by atoms with Crippen LogP contribution in [0.5, 0.6) is 0 Å². The molecule has 0 spiro atoms. The molecule has 0 aliphatic carbocycles. The predicted molar refractivity (Wildman–Crippen MR) is 60.5 cm³/mol. The van der Waals surface area contributed by atoms with E-state index < -0.39 is 12.7 Å². The third kappa shape index (κ3) is 4.38. The van der Waals surface area contributed by atoms with Crippen molar-refractivity contribution in [2.24, 2.45) is 0 Å². The minimum Gasteiger partial charge on any atom is -0.347 e. The third-order valence-electron chi connectivity index (χ3n) is 1.89. The molecule has 0 fully saturated rings. The molecule has 0 saturated heterocycles. The summed E-state index contributed by atoms with van der Waals surface area (Å²) < 4.78 is 37.5. The molecule has 1 rings (SSSR count). The number of hydrogen-bond acceptors (Lipinski definition) is 2. The van der Waals surface area contributed by atoms with Crippen LogP contribution in [-0.4, -0.2) is 24.2 Å². The molecule has 6 heteroatoms. The highest BCUT2D eigenvalue weighted by molar-refractivity contribution is 9.10. The first-order valence-corrected chi connectivity index (χ1v) is 5.66. The van der Waals surface area contributed by atoms with Crippen LogP contribution in [0.15, 0.2) is 22.8 Å². The summed E-state index contributed by atoms with van der Waals surface area (Å²) >= 11 is 3.14. The fourth-order valence-electron chi connectivity index (χ4n) is 1.33. The number of anilines is 1. The predicted octanol–water partition coefficient (Wildman–Crippen LogP) is 3.62. The van der Waals surface area contributed by atoms with E-state index in [1.54, 1.807) is 18.2 Å². The van der Waals surface area contributed by atoms with Gasteiger partial charge in [0.25, 0.3) is 0 Å². The average molecular weight is 297 g/mol. The maximum Gasteiger partial charge on any atom is 0.405 e. The van der Waals surface area contributed by atoms with Crippen LogP contribution in [0.1, 0.15) is 13.3 Å². The second kappa shape index (κ2) is 5.52. The number of aromatic nitrogens is 1. The van der Waals surface area contributed by atoms with E-state index >= 15 is 0 Å². The standard InChI is InChI=1S/C10H12BrF3N2/c1-2-6-16(7-10(12,13)14)9-5-3-4-8(11)15-9/h3-5H,2,6-7H2,1H3. The Morgan fingerprint density at radius 2 is 2.06 bits per heavy atom. The van der Waals surface area contributed by atoms with Crippen molar-refractivity contribution < 1.29 is 13.2 Å². The van der Waals surface area contributed by atoms with Gasteiger partial charge < -0.3 is 4.90 Å². The third-order valence-corrected chi connectivity index (χ3v) is 2.33. The molecule has 0 saturated carbocycles. The van der Waals surface area contributed by atoms with Gasteiger partial charge in [0.2, 0.25) is 0 Å². The Kier molecular flexibility index (Phi) is 4.58. The number of halogens is 4. The van der Waals surface area contributed by atoms with Gasteiger partial charge in [0.05, 0.1) is 0 Å². The topological polar surface area (TPSA) is 16.1 Å². The van der Waals surface area contributed by atoms with E-state index in [0.717, 1.165) is 0 Å². The summed E-state index contributed by atoms with van der Waals surface area (Å²) in [5.74, 6) is 0.341. The van der Waals surface area contributed by atoms with Gasteiger partial charge in [-0.1, -0.05) is 13.0 Å². The van der Waals surface area contributed by atoms with E-state index in [1.165, 1.54) is 4.90 Å². The zero-order chi connectivity index (χ0) is 12.2. The molecule has 0 radical (unpaired) electrons. The van der Waals surface area contributed by atoms with Gasteiger partial charge in [-0.2, -0.15) is 13.2 Å². The smallest absolute Gasteiger partial charge is 0.347 e. The highest BCUT2D eigenvalue weighted by atomic mass is 79.9. The van der Waals surface area contributed by atoms with Crippen molar-refractivity contribution in [3.63, 3.8) is 0 Å². The Morgan fingerprint density at radius 1 is 1.38 bits per heavy atom. The van der Waals surface area contributed by atoms with Crippen LogP contribution in [0.2, 0.25) is 0 Å². The number of pyridine rings is 1. The molecule has 0 aliphatic rings. The maximum absolute atomic E-state index is 12.3. The highest BCUT2D eigenvalue weighted by Gasteiger charge is 2.31. The van der Waals surface area contributed by atoms with E-state index in [9.17, 15) is 13.2 Å². The van der Waals surface area contributed by atoms with Gasteiger partial charge in [-0.3, -0.25) is 0 Å². The SMILES string of the molecule is CCCN(CC(F)(F)F)c1cccc(Br)n1. The van der Waals surface area contributed by atoms with Gasteiger partial charge in [0.15, 0.2) is 0 Å². The monoisotopic (exact) mass is 296 g/mol. The van der Waals surface area contributed by atoms with Crippen LogP contribution >= 0.6 is 15.9 Å². The van der Waals surface area contributed by atoms with E-state index in [0.29, 0.717) is 23.4 Å². The first-order valence-electron chi connectivity index (χ1n) is 4.86. The van der Waals surface area contributed by atoms with Crippen LogP contribution in [0.25, 0.3) is 0 Å². The van der Waals surface area contributed by atoms with Gasteiger partial charge in [-0.25, -0.2) is 4.98 Å². The van der Waals surface area contributed by atoms with Crippen LogP contribution in [0, 0.1) is 0 Å². The van der Waals surface area contributed by atoms with Gasteiger partial charge in [0.1, 0.15) is 17.0 Å².